The standard InChI is InChI=1S/C15H22ClNO/c16-14-6-4-5-13(9-14)10-17-11-15(12-18)7-2-1-3-8-15/h4-6,9,17-18H,1-3,7-8,10-12H2. The average Bonchev–Trinajstić information content (AvgIpc) is 2.40. The lowest BCUT2D eigenvalue weighted by molar-refractivity contribution is 0.0810. The normalized spacial score (nSPS) is 18.8. The fourth-order valence-electron chi connectivity index (χ4n) is 2.81. The molecule has 0 heterocycles. The first kappa shape index (κ1) is 13.9. The van der Waals surface area contributed by atoms with Crippen molar-refractivity contribution >= 4 is 11.6 Å². The monoisotopic (exact) mass is 267 g/mol. The molecule has 1 saturated carbocycles. The molecule has 1 aliphatic rings. The minimum absolute atomic E-state index is 0.108. The van der Waals surface area contributed by atoms with Crippen LogP contribution < -0.4 is 5.32 Å². The molecule has 0 spiro atoms. The molecule has 0 aromatic heterocycles. The summed E-state index contributed by atoms with van der Waals surface area (Å²) in [7, 11) is 0. The van der Waals surface area contributed by atoms with Gasteiger partial charge in [0.05, 0.1) is 0 Å². The quantitative estimate of drug-likeness (QED) is 0.857. The van der Waals surface area contributed by atoms with Crippen LogP contribution in [0, 0.1) is 5.41 Å². The van der Waals surface area contributed by atoms with Crippen LogP contribution in [0.5, 0.6) is 0 Å². The van der Waals surface area contributed by atoms with E-state index in [1.165, 1.54) is 24.8 Å². The van der Waals surface area contributed by atoms with Crippen molar-refractivity contribution in [3.63, 3.8) is 0 Å². The van der Waals surface area contributed by atoms with Crippen LogP contribution in [-0.2, 0) is 6.54 Å². The highest BCUT2D eigenvalue weighted by atomic mass is 35.5. The molecule has 1 aliphatic carbocycles. The SMILES string of the molecule is OCC1(CNCc2cccc(Cl)c2)CCCCC1. The summed E-state index contributed by atoms with van der Waals surface area (Å²) in [5.74, 6) is 0. The Morgan fingerprint density at radius 2 is 2.00 bits per heavy atom. The summed E-state index contributed by atoms with van der Waals surface area (Å²) >= 11 is 5.96. The van der Waals surface area contributed by atoms with E-state index in [1.807, 2.05) is 18.2 Å². The van der Waals surface area contributed by atoms with Gasteiger partial charge in [0.15, 0.2) is 0 Å². The van der Waals surface area contributed by atoms with Gasteiger partial charge in [-0.2, -0.15) is 0 Å². The third-order valence-corrected chi connectivity index (χ3v) is 4.20. The smallest absolute Gasteiger partial charge is 0.0499 e. The van der Waals surface area contributed by atoms with E-state index >= 15 is 0 Å². The summed E-state index contributed by atoms with van der Waals surface area (Å²) in [4.78, 5) is 0. The van der Waals surface area contributed by atoms with E-state index in [2.05, 4.69) is 11.4 Å². The number of nitrogens with one attached hydrogen (secondary N) is 1. The van der Waals surface area contributed by atoms with E-state index in [4.69, 9.17) is 11.6 Å². The van der Waals surface area contributed by atoms with Gasteiger partial charge in [-0.1, -0.05) is 43.0 Å². The van der Waals surface area contributed by atoms with Crippen molar-refractivity contribution in [1.29, 1.82) is 0 Å². The molecule has 2 rings (SSSR count). The van der Waals surface area contributed by atoms with Crippen LogP contribution in [0.4, 0.5) is 0 Å². The number of halogens is 1. The van der Waals surface area contributed by atoms with Crippen LogP contribution in [0.2, 0.25) is 5.02 Å². The predicted octanol–water partition coefficient (Wildman–Crippen LogP) is 3.37. The van der Waals surface area contributed by atoms with Gasteiger partial charge in [-0.3, -0.25) is 0 Å². The zero-order valence-corrected chi connectivity index (χ0v) is 11.5. The molecule has 1 aromatic carbocycles. The Kier molecular flexibility index (Phi) is 5.04. The molecule has 18 heavy (non-hydrogen) atoms. The molecule has 2 nitrogen and oxygen atoms in total. The largest absolute Gasteiger partial charge is 0.396 e. The number of hydrogen-bond acceptors (Lipinski definition) is 2. The van der Waals surface area contributed by atoms with Crippen LogP contribution in [-0.4, -0.2) is 18.3 Å². The zero-order chi connectivity index (χ0) is 12.8. The molecule has 0 saturated heterocycles. The van der Waals surface area contributed by atoms with Crippen molar-refractivity contribution in [2.45, 2.75) is 38.6 Å². The second kappa shape index (κ2) is 6.55. The van der Waals surface area contributed by atoms with Crippen molar-refractivity contribution in [2.75, 3.05) is 13.2 Å². The van der Waals surface area contributed by atoms with E-state index in [-0.39, 0.29) is 5.41 Å². The summed E-state index contributed by atoms with van der Waals surface area (Å²) in [6.45, 7) is 2.02. The minimum atomic E-state index is 0.108. The molecule has 1 aromatic rings. The summed E-state index contributed by atoms with van der Waals surface area (Å²) in [5, 5.41) is 13.9. The first-order valence-electron chi connectivity index (χ1n) is 6.80. The fourth-order valence-corrected chi connectivity index (χ4v) is 3.02. The third kappa shape index (κ3) is 3.71. The number of rotatable bonds is 5. The molecular weight excluding hydrogens is 246 g/mol. The lowest BCUT2D eigenvalue weighted by Gasteiger charge is -2.35. The zero-order valence-electron chi connectivity index (χ0n) is 10.8. The molecule has 0 amide bonds. The Morgan fingerprint density at radius 1 is 1.22 bits per heavy atom. The van der Waals surface area contributed by atoms with Crippen molar-refractivity contribution in [2.24, 2.45) is 5.41 Å². The number of hydrogen-bond donors (Lipinski definition) is 2. The molecule has 2 N–H and O–H groups in total. The Morgan fingerprint density at radius 3 is 2.67 bits per heavy atom. The third-order valence-electron chi connectivity index (χ3n) is 3.97. The predicted molar refractivity (Wildman–Crippen MR) is 75.8 cm³/mol. The maximum atomic E-state index is 9.62. The Bertz CT molecular complexity index is 375. The molecule has 0 unspecified atom stereocenters. The van der Waals surface area contributed by atoms with Gasteiger partial charge in [0, 0.05) is 30.1 Å². The summed E-state index contributed by atoms with van der Waals surface area (Å²) < 4.78 is 0. The van der Waals surface area contributed by atoms with E-state index in [1.54, 1.807) is 0 Å². The number of benzene rings is 1. The van der Waals surface area contributed by atoms with Crippen molar-refractivity contribution in [3.05, 3.63) is 34.9 Å². The fraction of sp³-hybridized carbons (Fsp3) is 0.600. The van der Waals surface area contributed by atoms with E-state index in [0.717, 1.165) is 31.0 Å². The topological polar surface area (TPSA) is 32.3 Å². The summed E-state index contributed by atoms with van der Waals surface area (Å²) in [6.07, 6.45) is 6.10. The second-order valence-electron chi connectivity index (χ2n) is 5.45. The van der Waals surface area contributed by atoms with Gasteiger partial charge in [-0.05, 0) is 30.5 Å². The van der Waals surface area contributed by atoms with Gasteiger partial charge < -0.3 is 10.4 Å². The molecule has 0 aliphatic heterocycles. The van der Waals surface area contributed by atoms with Crippen LogP contribution in [0.15, 0.2) is 24.3 Å². The summed E-state index contributed by atoms with van der Waals surface area (Å²) in [6, 6.07) is 7.93. The maximum Gasteiger partial charge on any atom is 0.0499 e. The first-order valence-corrected chi connectivity index (χ1v) is 7.18. The van der Waals surface area contributed by atoms with E-state index in [0.29, 0.717) is 6.61 Å². The van der Waals surface area contributed by atoms with Crippen LogP contribution in [0.25, 0.3) is 0 Å². The van der Waals surface area contributed by atoms with Crippen molar-refractivity contribution < 1.29 is 5.11 Å². The highest BCUT2D eigenvalue weighted by Crippen LogP contribution is 2.35. The van der Waals surface area contributed by atoms with Crippen LogP contribution in [0.3, 0.4) is 0 Å². The Hall–Kier alpha value is -0.570. The second-order valence-corrected chi connectivity index (χ2v) is 5.89. The van der Waals surface area contributed by atoms with Gasteiger partial charge in [0.25, 0.3) is 0 Å². The molecule has 0 bridgehead atoms. The molecule has 1 fully saturated rings. The van der Waals surface area contributed by atoms with Gasteiger partial charge in [0.1, 0.15) is 0 Å². The molecule has 0 atom stereocenters. The highest BCUT2D eigenvalue weighted by molar-refractivity contribution is 6.30. The summed E-state index contributed by atoms with van der Waals surface area (Å²) in [5.41, 5.74) is 1.31. The molecule has 100 valence electrons. The molecule has 3 heteroatoms. The highest BCUT2D eigenvalue weighted by Gasteiger charge is 2.30. The van der Waals surface area contributed by atoms with Gasteiger partial charge in [-0.15, -0.1) is 0 Å². The van der Waals surface area contributed by atoms with Crippen LogP contribution in [0.1, 0.15) is 37.7 Å². The molecule has 0 radical (unpaired) electrons. The maximum absolute atomic E-state index is 9.62. The average molecular weight is 268 g/mol. The van der Waals surface area contributed by atoms with E-state index < -0.39 is 0 Å². The Balaban J connectivity index is 1.83. The minimum Gasteiger partial charge on any atom is -0.396 e. The van der Waals surface area contributed by atoms with E-state index in [9.17, 15) is 5.11 Å². The lowest BCUT2D eigenvalue weighted by Crippen LogP contribution is -2.38. The van der Waals surface area contributed by atoms with Gasteiger partial charge in [-0.25, -0.2) is 0 Å². The van der Waals surface area contributed by atoms with Crippen LogP contribution >= 0.6 is 11.6 Å². The Labute approximate surface area is 114 Å². The number of aliphatic hydroxyl groups is 1. The number of aliphatic hydroxyl groups excluding tert-OH is 1. The van der Waals surface area contributed by atoms with Crippen molar-refractivity contribution in [3.8, 4) is 0 Å². The first-order chi connectivity index (χ1) is 8.74. The van der Waals surface area contributed by atoms with Gasteiger partial charge in [0.2, 0.25) is 0 Å². The molecular formula is C15H22ClNO. The van der Waals surface area contributed by atoms with Gasteiger partial charge >= 0.3 is 0 Å². The van der Waals surface area contributed by atoms with Crippen molar-refractivity contribution in [1.82, 2.24) is 5.32 Å². The lowest BCUT2D eigenvalue weighted by atomic mass is 9.74.